The maximum Gasteiger partial charge on any atom is 0.0960 e. The molecule has 1 aromatic carbocycles. The third-order valence-corrected chi connectivity index (χ3v) is 3.88. The summed E-state index contributed by atoms with van der Waals surface area (Å²) >= 11 is 0. The Morgan fingerprint density at radius 1 is 1.06 bits per heavy atom. The number of hydrogen-bond donors (Lipinski definition) is 1. The van der Waals surface area contributed by atoms with Gasteiger partial charge in [0, 0.05) is 19.0 Å². The summed E-state index contributed by atoms with van der Waals surface area (Å²) < 4.78 is 0. The Morgan fingerprint density at radius 3 is 2.38 bits per heavy atom. The predicted octanol–water partition coefficient (Wildman–Crippen LogP) is 2.62. The van der Waals surface area contributed by atoms with Crippen molar-refractivity contribution in [3.8, 4) is 0 Å². The fourth-order valence-corrected chi connectivity index (χ4v) is 3.01. The first-order chi connectivity index (χ1) is 7.84. The minimum atomic E-state index is 0.560. The van der Waals surface area contributed by atoms with Crippen LogP contribution in [-0.2, 0) is 12.8 Å². The van der Waals surface area contributed by atoms with E-state index in [1.165, 1.54) is 24.0 Å². The summed E-state index contributed by atoms with van der Waals surface area (Å²) in [7, 11) is 0. The second-order valence-electron chi connectivity index (χ2n) is 4.93. The molecule has 2 heteroatoms. The molecule has 1 aliphatic carbocycles. The molecule has 0 radical (unpaired) electrons. The van der Waals surface area contributed by atoms with Crippen molar-refractivity contribution < 1.29 is 0 Å². The van der Waals surface area contributed by atoms with Crippen LogP contribution in [0.5, 0.6) is 0 Å². The molecule has 1 saturated heterocycles. The molecule has 0 bridgehead atoms. The monoisotopic (exact) mass is 214 g/mol. The van der Waals surface area contributed by atoms with Crippen LogP contribution in [0, 0.1) is 5.41 Å². The highest BCUT2D eigenvalue weighted by Gasteiger charge is 2.29. The molecule has 1 aromatic rings. The van der Waals surface area contributed by atoms with Gasteiger partial charge < -0.3 is 4.90 Å². The van der Waals surface area contributed by atoms with Crippen molar-refractivity contribution >= 4 is 5.84 Å². The number of likely N-dealkylation sites (tertiary alicyclic amines) is 1. The summed E-state index contributed by atoms with van der Waals surface area (Å²) in [5.74, 6) is 0.865. The zero-order chi connectivity index (χ0) is 11.0. The van der Waals surface area contributed by atoms with Crippen LogP contribution < -0.4 is 0 Å². The molecule has 2 aliphatic rings. The topological polar surface area (TPSA) is 27.1 Å². The largest absolute Gasteiger partial charge is 0.357 e. The Hall–Kier alpha value is -1.31. The molecular formula is C14H18N2. The van der Waals surface area contributed by atoms with Crippen LogP contribution in [0.3, 0.4) is 0 Å². The number of hydrogen-bond acceptors (Lipinski definition) is 1. The molecule has 0 amide bonds. The van der Waals surface area contributed by atoms with E-state index in [0.29, 0.717) is 6.04 Å². The SMILES string of the molecule is N=C1CCCCN1C1Cc2ccccc2C1. The number of nitrogens with one attached hydrogen (secondary N) is 1. The molecule has 0 unspecified atom stereocenters. The molecule has 1 aliphatic heterocycles. The number of fused-ring (bicyclic) bond motifs is 1. The molecule has 1 heterocycles. The first-order valence-electron chi connectivity index (χ1n) is 6.25. The van der Waals surface area contributed by atoms with Gasteiger partial charge in [0.2, 0.25) is 0 Å². The highest BCUT2D eigenvalue weighted by atomic mass is 15.2. The smallest absolute Gasteiger partial charge is 0.0960 e. The summed E-state index contributed by atoms with van der Waals surface area (Å²) in [5.41, 5.74) is 2.98. The quantitative estimate of drug-likeness (QED) is 0.764. The van der Waals surface area contributed by atoms with Gasteiger partial charge in [0.1, 0.15) is 0 Å². The Morgan fingerprint density at radius 2 is 1.75 bits per heavy atom. The number of nitrogens with zero attached hydrogens (tertiary/aromatic N) is 1. The van der Waals surface area contributed by atoms with Gasteiger partial charge in [-0.05, 0) is 36.8 Å². The molecule has 0 saturated carbocycles. The Balaban J connectivity index is 1.77. The second kappa shape index (κ2) is 3.93. The molecule has 0 aromatic heterocycles. The number of rotatable bonds is 1. The van der Waals surface area contributed by atoms with E-state index >= 15 is 0 Å². The summed E-state index contributed by atoms with van der Waals surface area (Å²) in [6.45, 7) is 1.09. The van der Waals surface area contributed by atoms with E-state index in [2.05, 4.69) is 29.2 Å². The lowest BCUT2D eigenvalue weighted by Gasteiger charge is -2.34. The summed E-state index contributed by atoms with van der Waals surface area (Å²) in [6.07, 6.45) is 5.72. The molecule has 2 nitrogen and oxygen atoms in total. The van der Waals surface area contributed by atoms with Gasteiger partial charge in [-0.15, -0.1) is 0 Å². The third-order valence-electron chi connectivity index (χ3n) is 3.88. The molecular weight excluding hydrogens is 196 g/mol. The van der Waals surface area contributed by atoms with E-state index in [-0.39, 0.29) is 0 Å². The van der Waals surface area contributed by atoms with Crippen molar-refractivity contribution in [3.05, 3.63) is 35.4 Å². The maximum atomic E-state index is 8.04. The average Bonchev–Trinajstić information content (AvgIpc) is 2.73. The number of benzene rings is 1. The lowest BCUT2D eigenvalue weighted by molar-refractivity contribution is 0.286. The number of piperidine rings is 1. The zero-order valence-corrected chi connectivity index (χ0v) is 9.58. The van der Waals surface area contributed by atoms with Gasteiger partial charge in [-0.2, -0.15) is 0 Å². The molecule has 0 spiro atoms. The zero-order valence-electron chi connectivity index (χ0n) is 9.58. The van der Waals surface area contributed by atoms with Crippen LogP contribution in [0.4, 0.5) is 0 Å². The second-order valence-corrected chi connectivity index (χ2v) is 4.93. The lowest BCUT2D eigenvalue weighted by atomic mass is 10.1. The Labute approximate surface area is 96.8 Å². The summed E-state index contributed by atoms with van der Waals surface area (Å²) in [4.78, 5) is 2.34. The normalized spacial score (nSPS) is 21.2. The van der Waals surface area contributed by atoms with Crippen molar-refractivity contribution in [2.24, 2.45) is 0 Å². The number of amidine groups is 1. The fourth-order valence-electron chi connectivity index (χ4n) is 3.01. The van der Waals surface area contributed by atoms with Gasteiger partial charge in [-0.3, -0.25) is 5.41 Å². The van der Waals surface area contributed by atoms with Crippen LogP contribution >= 0.6 is 0 Å². The maximum absolute atomic E-state index is 8.04. The predicted molar refractivity (Wildman–Crippen MR) is 65.9 cm³/mol. The van der Waals surface area contributed by atoms with Crippen LogP contribution in [0.1, 0.15) is 30.4 Å². The van der Waals surface area contributed by atoms with Crippen LogP contribution in [0.25, 0.3) is 0 Å². The van der Waals surface area contributed by atoms with Gasteiger partial charge in [-0.1, -0.05) is 24.3 Å². The van der Waals surface area contributed by atoms with Crippen LogP contribution in [-0.4, -0.2) is 23.3 Å². The van der Waals surface area contributed by atoms with Crippen LogP contribution in [0.15, 0.2) is 24.3 Å². The average molecular weight is 214 g/mol. The van der Waals surface area contributed by atoms with Gasteiger partial charge in [0.15, 0.2) is 0 Å². The highest BCUT2D eigenvalue weighted by Crippen LogP contribution is 2.27. The molecule has 0 atom stereocenters. The van der Waals surface area contributed by atoms with Gasteiger partial charge in [0.25, 0.3) is 0 Å². The third kappa shape index (κ3) is 1.62. The van der Waals surface area contributed by atoms with E-state index in [4.69, 9.17) is 5.41 Å². The van der Waals surface area contributed by atoms with Gasteiger partial charge >= 0.3 is 0 Å². The van der Waals surface area contributed by atoms with Gasteiger partial charge in [-0.25, -0.2) is 0 Å². The lowest BCUT2D eigenvalue weighted by Crippen LogP contribution is -2.43. The Kier molecular flexibility index (Phi) is 2.43. The van der Waals surface area contributed by atoms with E-state index in [0.717, 1.165) is 31.6 Å². The standard InChI is InChI=1S/C14H18N2/c15-14-7-3-4-8-16(14)13-9-11-5-1-2-6-12(11)10-13/h1-2,5-6,13,15H,3-4,7-10H2. The fraction of sp³-hybridized carbons (Fsp3) is 0.500. The van der Waals surface area contributed by atoms with Gasteiger partial charge in [0.05, 0.1) is 5.84 Å². The molecule has 16 heavy (non-hydrogen) atoms. The molecule has 3 rings (SSSR count). The minimum absolute atomic E-state index is 0.560. The van der Waals surface area contributed by atoms with Crippen molar-refractivity contribution in [2.75, 3.05) is 6.54 Å². The first-order valence-corrected chi connectivity index (χ1v) is 6.25. The molecule has 1 fully saturated rings. The minimum Gasteiger partial charge on any atom is -0.357 e. The highest BCUT2D eigenvalue weighted by molar-refractivity contribution is 5.80. The van der Waals surface area contributed by atoms with Crippen molar-refractivity contribution in [1.29, 1.82) is 5.41 Å². The summed E-state index contributed by atoms with van der Waals surface area (Å²) in [5, 5.41) is 8.04. The van der Waals surface area contributed by atoms with E-state index in [1.807, 2.05) is 0 Å². The van der Waals surface area contributed by atoms with Crippen molar-refractivity contribution in [3.63, 3.8) is 0 Å². The first kappa shape index (κ1) is 9.88. The molecule has 1 N–H and O–H groups in total. The van der Waals surface area contributed by atoms with Crippen LogP contribution in [0.2, 0.25) is 0 Å². The van der Waals surface area contributed by atoms with E-state index < -0.39 is 0 Å². The van der Waals surface area contributed by atoms with E-state index in [9.17, 15) is 0 Å². The molecule has 84 valence electrons. The Bertz CT molecular complexity index is 386. The van der Waals surface area contributed by atoms with Crippen molar-refractivity contribution in [1.82, 2.24) is 4.90 Å². The van der Waals surface area contributed by atoms with Crippen molar-refractivity contribution in [2.45, 2.75) is 38.1 Å². The summed E-state index contributed by atoms with van der Waals surface area (Å²) in [6, 6.07) is 9.29. The van der Waals surface area contributed by atoms with E-state index in [1.54, 1.807) is 0 Å².